The number of carbonyl (C=O) groups excluding carboxylic acids is 2. The number of hydrogen-bond acceptors (Lipinski definition) is 3. The highest BCUT2D eigenvalue weighted by Gasteiger charge is 2.14. The number of carbonyl (C=O) groups is 2. The Labute approximate surface area is 158 Å². The lowest BCUT2D eigenvalue weighted by Crippen LogP contribution is -2.32. The van der Waals surface area contributed by atoms with Crippen LogP contribution in [0.3, 0.4) is 0 Å². The first-order chi connectivity index (χ1) is 12.3. The molecule has 0 aromatic heterocycles. The van der Waals surface area contributed by atoms with Crippen molar-refractivity contribution in [3.8, 4) is 5.75 Å². The first-order valence-corrected chi connectivity index (χ1v) is 8.68. The molecule has 0 spiro atoms. The zero-order valence-electron chi connectivity index (χ0n) is 15.4. The van der Waals surface area contributed by atoms with E-state index < -0.39 is 0 Å². The molecule has 2 rings (SSSR count). The van der Waals surface area contributed by atoms with Crippen molar-refractivity contribution in [3.05, 3.63) is 52.5 Å². The summed E-state index contributed by atoms with van der Waals surface area (Å²) in [5, 5.41) is 3.21. The highest BCUT2D eigenvalue weighted by molar-refractivity contribution is 6.32. The topological polar surface area (TPSA) is 58.6 Å². The summed E-state index contributed by atoms with van der Waals surface area (Å²) in [6.07, 6.45) is 0.177. The summed E-state index contributed by atoms with van der Waals surface area (Å²) in [6.45, 7) is 5.81. The van der Waals surface area contributed by atoms with Gasteiger partial charge in [-0.05, 0) is 55.3 Å². The summed E-state index contributed by atoms with van der Waals surface area (Å²) >= 11 is 6.06. The van der Waals surface area contributed by atoms with Crippen LogP contribution >= 0.6 is 11.6 Å². The molecule has 0 radical (unpaired) electrons. The Kier molecular flexibility index (Phi) is 6.64. The molecule has 0 atom stereocenters. The molecule has 0 saturated carbocycles. The third kappa shape index (κ3) is 4.99. The molecule has 2 aromatic carbocycles. The lowest BCUT2D eigenvalue weighted by Gasteiger charge is -2.22. The SMILES string of the molecule is COc1ccc(NC(=O)CCN(C(C)=O)c2ccc(C)c(C)c2)cc1Cl. The Bertz CT molecular complexity index is 821. The number of rotatable bonds is 6. The Morgan fingerprint density at radius 1 is 1.12 bits per heavy atom. The number of hydrogen-bond donors (Lipinski definition) is 1. The first kappa shape index (κ1) is 19.8. The van der Waals surface area contributed by atoms with Gasteiger partial charge in [0.1, 0.15) is 5.75 Å². The van der Waals surface area contributed by atoms with E-state index in [1.807, 2.05) is 32.0 Å². The van der Waals surface area contributed by atoms with Gasteiger partial charge in [0.2, 0.25) is 11.8 Å². The molecule has 6 heteroatoms. The van der Waals surface area contributed by atoms with E-state index in [4.69, 9.17) is 16.3 Å². The van der Waals surface area contributed by atoms with Gasteiger partial charge in [0.15, 0.2) is 0 Å². The van der Waals surface area contributed by atoms with Crippen LogP contribution in [0.25, 0.3) is 0 Å². The molecule has 0 unspecified atom stereocenters. The van der Waals surface area contributed by atoms with Gasteiger partial charge >= 0.3 is 0 Å². The summed E-state index contributed by atoms with van der Waals surface area (Å²) < 4.78 is 5.09. The zero-order chi connectivity index (χ0) is 19.3. The minimum absolute atomic E-state index is 0.103. The zero-order valence-corrected chi connectivity index (χ0v) is 16.2. The third-order valence-corrected chi connectivity index (χ3v) is 4.48. The van der Waals surface area contributed by atoms with E-state index in [0.717, 1.165) is 16.8 Å². The number of methoxy groups -OCH3 is 1. The maximum absolute atomic E-state index is 12.2. The predicted octanol–water partition coefficient (Wildman–Crippen LogP) is 4.35. The Morgan fingerprint density at radius 2 is 1.85 bits per heavy atom. The lowest BCUT2D eigenvalue weighted by molar-refractivity contribution is -0.117. The van der Waals surface area contributed by atoms with E-state index in [9.17, 15) is 9.59 Å². The molecular formula is C20H23ClN2O3. The third-order valence-electron chi connectivity index (χ3n) is 4.18. The van der Waals surface area contributed by atoms with Gasteiger partial charge in [-0.3, -0.25) is 9.59 Å². The van der Waals surface area contributed by atoms with E-state index in [1.165, 1.54) is 14.0 Å². The van der Waals surface area contributed by atoms with Gasteiger partial charge in [0.25, 0.3) is 0 Å². The fraction of sp³-hybridized carbons (Fsp3) is 0.300. The molecule has 26 heavy (non-hydrogen) atoms. The van der Waals surface area contributed by atoms with Crippen LogP contribution in [-0.2, 0) is 9.59 Å². The average Bonchev–Trinajstić information content (AvgIpc) is 2.58. The summed E-state index contributed by atoms with van der Waals surface area (Å²) in [5.41, 5.74) is 3.64. The second-order valence-corrected chi connectivity index (χ2v) is 6.49. The summed E-state index contributed by atoms with van der Waals surface area (Å²) in [6, 6.07) is 10.9. The van der Waals surface area contributed by atoms with Gasteiger partial charge < -0.3 is 15.0 Å². The van der Waals surface area contributed by atoms with Gasteiger partial charge in [-0.2, -0.15) is 0 Å². The molecule has 5 nitrogen and oxygen atoms in total. The molecule has 1 N–H and O–H groups in total. The van der Waals surface area contributed by atoms with Crippen LogP contribution in [0.2, 0.25) is 5.02 Å². The second kappa shape index (κ2) is 8.72. The van der Waals surface area contributed by atoms with Crippen molar-refractivity contribution in [2.24, 2.45) is 0 Å². The van der Waals surface area contributed by atoms with Crippen molar-refractivity contribution in [1.82, 2.24) is 0 Å². The Balaban J connectivity index is 2.02. The normalized spacial score (nSPS) is 10.3. The van der Waals surface area contributed by atoms with E-state index in [0.29, 0.717) is 23.0 Å². The molecule has 2 amide bonds. The van der Waals surface area contributed by atoms with Crippen LogP contribution < -0.4 is 15.0 Å². The van der Waals surface area contributed by atoms with Crippen LogP contribution in [0.1, 0.15) is 24.5 Å². The highest BCUT2D eigenvalue weighted by Crippen LogP contribution is 2.27. The molecule has 138 valence electrons. The minimum Gasteiger partial charge on any atom is -0.495 e. The molecule has 0 heterocycles. The minimum atomic E-state index is -0.193. The van der Waals surface area contributed by atoms with Gasteiger partial charge in [0.05, 0.1) is 12.1 Å². The molecule has 0 saturated heterocycles. The van der Waals surface area contributed by atoms with E-state index in [-0.39, 0.29) is 18.2 Å². The number of benzene rings is 2. The highest BCUT2D eigenvalue weighted by atomic mass is 35.5. The fourth-order valence-corrected chi connectivity index (χ4v) is 2.80. The largest absolute Gasteiger partial charge is 0.495 e. The van der Waals surface area contributed by atoms with Crippen LogP contribution in [0.5, 0.6) is 5.75 Å². The summed E-state index contributed by atoms with van der Waals surface area (Å²) in [7, 11) is 1.53. The molecule has 0 aliphatic carbocycles. The van der Waals surface area contributed by atoms with Crippen LogP contribution in [0.15, 0.2) is 36.4 Å². The molecular weight excluding hydrogens is 352 g/mol. The standard InChI is InChI=1S/C20H23ClN2O3/c1-13-5-7-17(11-14(13)2)23(15(3)24)10-9-20(25)22-16-6-8-19(26-4)18(21)12-16/h5-8,11-12H,9-10H2,1-4H3,(H,22,25). The molecule has 0 aliphatic rings. The van der Waals surface area contributed by atoms with Crippen LogP contribution in [-0.4, -0.2) is 25.5 Å². The molecule has 2 aromatic rings. The van der Waals surface area contributed by atoms with Crippen molar-refractivity contribution >= 4 is 34.8 Å². The van der Waals surface area contributed by atoms with E-state index >= 15 is 0 Å². The fourth-order valence-electron chi connectivity index (χ4n) is 2.54. The van der Waals surface area contributed by atoms with Crippen molar-refractivity contribution < 1.29 is 14.3 Å². The van der Waals surface area contributed by atoms with Crippen molar-refractivity contribution in [1.29, 1.82) is 0 Å². The van der Waals surface area contributed by atoms with Crippen molar-refractivity contribution in [2.75, 3.05) is 23.9 Å². The van der Waals surface area contributed by atoms with Gasteiger partial charge in [-0.15, -0.1) is 0 Å². The van der Waals surface area contributed by atoms with E-state index in [2.05, 4.69) is 5.32 Å². The van der Waals surface area contributed by atoms with E-state index in [1.54, 1.807) is 23.1 Å². The summed E-state index contributed by atoms with van der Waals surface area (Å²) in [4.78, 5) is 25.8. The number of nitrogens with one attached hydrogen (secondary N) is 1. The quantitative estimate of drug-likeness (QED) is 0.817. The Morgan fingerprint density at radius 3 is 2.42 bits per heavy atom. The predicted molar refractivity (Wildman–Crippen MR) is 105 cm³/mol. The second-order valence-electron chi connectivity index (χ2n) is 6.09. The smallest absolute Gasteiger partial charge is 0.226 e. The van der Waals surface area contributed by atoms with Crippen LogP contribution in [0.4, 0.5) is 11.4 Å². The number of amides is 2. The first-order valence-electron chi connectivity index (χ1n) is 8.30. The van der Waals surface area contributed by atoms with Crippen molar-refractivity contribution in [3.63, 3.8) is 0 Å². The Hall–Kier alpha value is -2.53. The molecule has 0 bridgehead atoms. The lowest BCUT2D eigenvalue weighted by atomic mass is 10.1. The maximum atomic E-state index is 12.2. The number of ether oxygens (including phenoxy) is 1. The summed E-state index contributed by atoms with van der Waals surface area (Å²) in [5.74, 6) is 0.247. The maximum Gasteiger partial charge on any atom is 0.226 e. The molecule has 0 fully saturated rings. The number of halogens is 1. The van der Waals surface area contributed by atoms with Gasteiger partial charge in [0, 0.05) is 31.3 Å². The van der Waals surface area contributed by atoms with Gasteiger partial charge in [-0.25, -0.2) is 0 Å². The molecule has 0 aliphatic heterocycles. The average molecular weight is 375 g/mol. The number of anilines is 2. The monoisotopic (exact) mass is 374 g/mol. The van der Waals surface area contributed by atoms with Crippen LogP contribution in [0, 0.1) is 13.8 Å². The number of nitrogens with zero attached hydrogens (tertiary/aromatic N) is 1. The van der Waals surface area contributed by atoms with Gasteiger partial charge in [-0.1, -0.05) is 17.7 Å². The number of aryl methyl sites for hydroxylation is 2. The van der Waals surface area contributed by atoms with Crippen molar-refractivity contribution in [2.45, 2.75) is 27.2 Å².